The lowest BCUT2D eigenvalue weighted by atomic mass is 10.0. The van der Waals surface area contributed by atoms with E-state index in [9.17, 15) is 17.2 Å². The van der Waals surface area contributed by atoms with Crippen LogP contribution in [0.15, 0.2) is 93.4 Å². The van der Waals surface area contributed by atoms with Crippen molar-refractivity contribution in [1.29, 1.82) is 0 Å². The number of furan rings is 1. The zero-order chi connectivity index (χ0) is 24.0. The van der Waals surface area contributed by atoms with E-state index in [-0.39, 0.29) is 10.5 Å². The molecule has 1 atom stereocenters. The average molecular weight is 480 g/mol. The maximum Gasteiger partial charge on any atom is 0.238 e. The number of halogens is 2. The lowest BCUT2D eigenvalue weighted by molar-refractivity contribution is 0.483. The van der Waals surface area contributed by atoms with Gasteiger partial charge in [-0.15, -0.1) is 0 Å². The zero-order valence-corrected chi connectivity index (χ0v) is 18.3. The Morgan fingerprint density at radius 1 is 0.971 bits per heavy atom. The summed E-state index contributed by atoms with van der Waals surface area (Å²) in [5.74, 6) is -1.54. The summed E-state index contributed by atoms with van der Waals surface area (Å²) in [6.45, 7) is 0. The fourth-order valence-electron chi connectivity index (χ4n) is 3.91. The van der Waals surface area contributed by atoms with Crippen LogP contribution in [0.25, 0.3) is 16.9 Å². The third-order valence-electron chi connectivity index (χ3n) is 5.56. The normalized spacial score (nSPS) is 15.7. The van der Waals surface area contributed by atoms with Crippen molar-refractivity contribution in [3.8, 4) is 11.1 Å². The van der Waals surface area contributed by atoms with Gasteiger partial charge >= 0.3 is 0 Å². The molecule has 4 aromatic rings. The van der Waals surface area contributed by atoms with Crippen LogP contribution < -0.4 is 26.5 Å². The van der Waals surface area contributed by atoms with Gasteiger partial charge in [-0.05, 0) is 47.5 Å². The van der Waals surface area contributed by atoms with E-state index in [1.165, 1.54) is 30.5 Å². The molecular weight excluding hydrogens is 462 g/mol. The van der Waals surface area contributed by atoms with Crippen LogP contribution in [-0.2, 0) is 10.0 Å². The van der Waals surface area contributed by atoms with Crippen molar-refractivity contribution < 1.29 is 21.6 Å². The molecule has 0 fully saturated rings. The van der Waals surface area contributed by atoms with Gasteiger partial charge in [-0.3, -0.25) is 0 Å². The van der Waals surface area contributed by atoms with Gasteiger partial charge in [-0.25, -0.2) is 27.3 Å². The Balaban J connectivity index is 1.63. The van der Waals surface area contributed by atoms with Crippen molar-refractivity contribution in [3.63, 3.8) is 0 Å². The summed E-state index contributed by atoms with van der Waals surface area (Å²) in [6, 6.07) is 18.4. The molecule has 1 aliphatic heterocycles. The SMILES string of the molecule is NC1=c2ccoc2=NC(c2cccc(S(N)(=O)=O)c2)N1c1ccc(-c2cccc(F)c2F)cc1. The molecule has 3 aromatic carbocycles. The topological polar surface area (TPSA) is 115 Å². The van der Waals surface area contributed by atoms with Crippen molar-refractivity contribution in [2.24, 2.45) is 15.9 Å². The van der Waals surface area contributed by atoms with Gasteiger partial charge in [0.1, 0.15) is 5.82 Å². The van der Waals surface area contributed by atoms with Crippen molar-refractivity contribution in [1.82, 2.24) is 0 Å². The van der Waals surface area contributed by atoms with Crippen LogP contribution in [-0.4, -0.2) is 8.42 Å². The summed E-state index contributed by atoms with van der Waals surface area (Å²) in [4.78, 5) is 6.26. The summed E-state index contributed by atoms with van der Waals surface area (Å²) >= 11 is 0. The third kappa shape index (κ3) is 3.72. The highest BCUT2D eigenvalue weighted by Crippen LogP contribution is 2.34. The van der Waals surface area contributed by atoms with E-state index in [2.05, 4.69) is 4.99 Å². The van der Waals surface area contributed by atoms with Crippen LogP contribution in [0.3, 0.4) is 0 Å². The van der Waals surface area contributed by atoms with Crippen molar-refractivity contribution in [2.45, 2.75) is 11.1 Å². The minimum Gasteiger partial charge on any atom is -0.446 e. The Hall–Kier alpha value is -4.02. The first kappa shape index (κ1) is 21.8. The van der Waals surface area contributed by atoms with Gasteiger partial charge in [-0.1, -0.05) is 36.4 Å². The fourth-order valence-corrected chi connectivity index (χ4v) is 4.48. The zero-order valence-electron chi connectivity index (χ0n) is 17.5. The van der Waals surface area contributed by atoms with Crippen LogP contribution in [0.5, 0.6) is 0 Å². The molecule has 34 heavy (non-hydrogen) atoms. The highest BCUT2D eigenvalue weighted by atomic mass is 32.2. The van der Waals surface area contributed by atoms with Crippen LogP contribution in [0, 0.1) is 11.6 Å². The van der Waals surface area contributed by atoms with Crippen LogP contribution in [0.1, 0.15) is 11.7 Å². The first-order chi connectivity index (χ1) is 16.2. The van der Waals surface area contributed by atoms with Crippen LogP contribution in [0.2, 0.25) is 0 Å². The predicted molar refractivity (Wildman–Crippen MR) is 122 cm³/mol. The van der Waals surface area contributed by atoms with Gasteiger partial charge in [0.25, 0.3) is 0 Å². The quantitative estimate of drug-likeness (QED) is 0.466. The van der Waals surface area contributed by atoms with Gasteiger partial charge in [0.05, 0.1) is 16.4 Å². The number of benzene rings is 3. The maximum absolute atomic E-state index is 14.3. The minimum atomic E-state index is -3.94. The highest BCUT2D eigenvalue weighted by molar-refractivity contribution is 7.89. The van der Waals surface area contributed by atoms with E-state index in [4.69, 9.17) is 15.3 Å². The molecular formula is C24H18F2N4O3S. The van der Waals surface area contributed by atoms with Gasteiger partial charge in [-0.2, -0.15) is 0 Å². The predicted octanol–water partition coefficient (Wildman–Crippen LogP) is 2.74. The number of hydrogen-bond donors (Lipinski definition) is 2. The monoisotopic (exact) mass is 480 g/mol. The lowest BCUT2D eigenvalue weighted by Crippen LogP contribution is -2.43. The van der Waals surface area contributed by atoms with Gasteiger partial charge in [0.15, 0.2) is 17.8 Å². The van der Waals surface area contributed by atoms with Crippen LogP contribution >= 0.6 is 0 Å². The number of primary sulfonamides is 1. The second-order valence-corrected chi connectivity index (χ2v) is 9.22. The summed E-state index contributed by atoms with van der Waals surface area (Å²) in [6.07, 6.45) is 0.690. The maximum atomic E-state index is 14.3. The first-order valence-electron chi connectivity index (χ1n) is 10.1. The van der Waals surface area contributed by atoms with Crippen molar-refractivity contribution in [2.75, 3.05) is 4.90 Å². The Morgan fingerprint density at radius 3 is 2.44 bits per heavy atom. The van der Waals surface area contributed by atoms with Crippen molar-refractivity contribution >= 4 is 21.5 Å². The average Bonchev–Trinajstić information content (AvgIpc) is 3.30. The molecule has 0 radical (unpaired) electrons. The number of fused-ring (bicyclic) bond motifs is 1. The summed E-state index contributed by atoms with van der Waals surface area (Å²) in [5.41, 5.74) is 8.50. The molecule has 7 nitrogen and oxygen atoms in total. The van der Waals surface area contributed by atoms with Gasteiger partial charge in [0.2, 0.25) is 15.6 Å². The molecule has 0 spiro atoms. The number of rotatable bonds is 4. The Morgan fingerprint density at radius 2 is 1.71 bits per heavy atom. The molecule has 172 valence electrons. The standard InChI is InChI=1S/C24H18F2N4O3S/c25-20-6-2-5-18(21(20)26)14-7-9-16(10-8-14)30-22(27)19-11-12-33-24(19)29-23(30)15-3-1-4-17(13-15)34(28,31)32/h1-13,23H,27H2,(H2,28,31,32). The Bertz CT molecular complexity index is 1630. The largest absolute Gasteiger partial charge is 0.446 e. The number of nitrogens with zero attached hydrogens (tertiary/aromatic N) is 2. The van der Waals surface area contributed by atoms with Crippen LogP contribution in [0.4, 0.5) is 14.5 Å². The van der Waals surface area contributed by atoms with E-state index in [1.54, 1.807) is 47.4 Å². The third-order valence-corrected chi connectivity index (χ3v) is 6.47. The van der Waals surface area contributed by atoms with E-state index < -0.39 is 27.8 Å². The Labute approximate surface area is 193 Å². The molecule has 0 amide bonds. The van der Waals surface area contributed by atoms with E-state index >= 15 is 0 Å². The molecule has 4 N–H and O–H groups in total. The second kappa shape index (κ2) is 8.08. The van der Waals surface area contributed by atoms with E-state index in [0.717, 1.165) is 6.07 Å². The smallest absolute Gasteiger partial charge is 0.238 e. The number of sulfonamides is 1. The number of nitrogens with two attached hydrogens (primary N) is 2. The highest BCUT2D eigenvalue weighted by Gasteiger charge is 2.28. The summed E-state index contributed by atoms with van der Waals surface area (Å²) < 4.78 is 57.2. The number of anilines is 1. The molecule has 1 aliphatic rings. The molecule has 0 saturated heterocycles. The summed E-state index contributed by atoms with van der Waals surface area (Å²) in [7, 11) is -3.94. The van der Waals surface area contributed by atoms with E-state index in [0.29, 0.717) is 33.4 Å². The second-order valence-electron chi connectivity index (χ2n) is 7.66. The molecule has 0 saturated carbocycles. The molecule has 0 aliphatic carbocycles. The Kier molecular flexibility index (Phi) is 5.18. The molecule has 0 bridgehead atoms. The van der Waals surface area contributed by atoms with Gasteiger partial charge in [0, 0.05) is 11.3 Å². The first-order valence-corrected chi connectivity index (χ1v) is 11.7. The molecule has 2 heterocycles. The molecule has 1 unspecified atom stereocenters. The number of hydrogen-bond acceptors (Lipinski definition) is 6. The van der Waals surface area contributed by atoms with Crippen molar-refractivity contribution in [3.05, 3.63) is 107 Å². The fraction of sp³-hybridized carbons (Fsp3) is 0.0417. The molecule has 5 rings (SSSR count). The summed E-state index contributed by atoms with van der Waals surface area (Å²) in [5, 5.41) is 5.87. The molecule has 10 heteroatoms. The minimum absolute atomic E-state index is 0.0686. The molecule has 1 aromatic heterocycles. The van der Waals surface area contributed by atoms with E-state index in [1.807, 2.05) is 0 Å². The van der Waals surface area contributed by atoms with Gasteiger partial charge < -0.3 is 15.1 Å². The lowest BCUT2D eigenvalue weighted by Gasteiger charge is -2.33.